The molecule has 0 amide bonds. The van der Waals surface area contributed by atoms with Crippen molar-refractivity contribution >= 4 is 10.0 Å². The van der Waals surface area contributed by atoms with E-state index in [1.165, 1.54) is 10.4 Å². The molecule has 4 rings (SSSR count). The van der Waals surface area contributed by atoms with Crippen molar-refractivity contribution in [1.82, 2.24) is 14.5 Å². The SMILES string of the molecule is O=S(=O)(c1cccc(C(F)(F)F)c1)N1CCC(c2nnc(C3CC3)o2)CC1. The van der Waals surface area contributed by atoms with E-state index in [0.29, 0.717) is 36.6 Å². The number of sulfonamides is 1. The van der Waals surface area contributed by atoms with Crippen LogP contribution in [0.5, 0.6) is 0 Å². The molecular weight excluding hydrogens is 383 g/mol. The van der Waals surface area contributed by atoms with Gasteiger partial charge < -0.3 is 4.42 Å². The van der Waals surface area contributed by atoms with Crippen LogP contribution in [0.15, 0.2) is 33.6 Å². The molecule has 2 aromatic rings. The number of alkyl halides is 3. The smallest absolute Gasteiger partial charge is 0.416 e. The summed E-state index contributed by atoms with van der Waals surface area (Å²) in [5.41, 5.74) is -0.975. The average molecular weight is 401 g/mol. The number of benzene rings is 1. The maximum absolute atomic E-state index is 12.9. The molecule has 1 aliphatic carbocycles. The summed E-state index contributed by atoms with van der Waals surface area (Å²) in [6.45, 7) is 0.398. The zero-order chi connectivity index (χ0) is 19.2. The van der Waals surface area contributed by atoms with Gasteiger partial charge in [-0.3, -0.25) is 0 Å². The molecule has 2 fully saturated rings. The Labute approximate surface area is 154 Å². The molecule has 1 aromatic carbocycles. The lowest BCUT2D eigenvalue weighted by Gasteiger charge is -2.29. The molecule has 0 atom stereocenters. The van der Waals surface area contributed by atoms with Crippen LogP contribution in [0.2, 0.25) is 0 Å². The Morgan fingerprint density at radius 2 is 1.59 bits per heavy atom. The monoisotopic (exact) mass is 401 g/mol. The Kier molecular flexibility index (Phi) is 4.50. The summed E-state index contributed by atoms with van der Waals surface area (Å²) in [7, 11) is -3.98. The first kappa shape index (κ1) is 18.4. The van der Waals surface area contributed by atoms with Gasteiger partial charge in [-0.05, 0) is 43.9 Å². The van der Waals surface area contributed by atoms with Crippen LogP contribution in [-0.2, 0) is 16.2 Å². The molecule has 0 unspecified atom stereocenters. The minimum Gasteiger partial charge on any atom is -0.425 e. The third-order valence-electron chi connectivity index (χ3n) is 4.99. The van der Waals surface area contributed by atoms with Gasteiger partial charge in [0.05, 0.1) is 10.5 Å². The van der Waals surface area contributed by atoms with Gasteiger partial charge in [0.15, 0.2) is 0 Å². The lowest BCUT2D eigenvalue weighted by molar-refractivity contribution is -0.137. The largest absolute Gasteiger partial charge is 0.425 e. The van der Waals surface area contributed by atoms with Gasteiger partial charge in [-0.15, -0.1) is 10.2 Å². The minimum atomic E-state index is -4.59. The van der Waals surface area contributed by atoms with Gasteiger partial charge in [-0.2, -0.15) is 17.5 Å². The molecule has 0 bridgehead atoms. The fourth-order valence-corrected chi connectivity index (χ4v) is 4.75. The predicted molar refractivity (Wildman–Crippen MR) is 88.5 cm³/mol. The minimum absolute atomic E-state index is 0.0297. The van der Waals surface area contributed by atoms with Crippen molar-refractivity contribution in [1.29, 1.82) is 0 Å². The van der Waals surface area contributed by atoms with Crippen LogP contribution in [0.4, 0.5) is 13.2 Å². The predicted octanol–water partition coefficient (Wildman–Crippen LogP) is 3.53. The van der Waals surface area contributed by atoms with Gasteiger partial charge in [0.2, 0.25) is 21.8 Å². The van der Waals surface area contributed by atoms with Crippen LogP contribution in [-0.4, -0.2) is 36.0 Å². The lowest BCUT2D eigenvalue weighted by Crippen LogP contribution is -2.38. The summed E-state index contributed by atoms with van der Waals surface area (Å²) >= 11 is 0. The van der Waals surface area contributed by atoms with E-state index in [0.717, 1.165) is 25.0 Å². The molecular formula is C17H18F3N3O3S. The summed E-state index contributed by atoms with van der Waals surface area (Å²) in [5.74, 6) is 1.49. The van der Waals surface area contributed by atoms with Gasteiger partial charge >= 0.3 is 6.18 Å². The first-order valence-corrected chi connectivity index (χ1v) is 10.2. The first-order chi connectivity index (χ1) is 12.7. The van der Waals surface area contributed by atoms with Gasteiger partial charge in [0.25, 0.3) is 0 Å². The number of aromatic nitrogens is 2. The van der Waals surface area contributed by atoms with E-state index in [4.69, 9.17) is 4.42 Å². The molecule has 1 saturated carbocycles. The maximum Gasteiger partial charge on any atom is 0.416 e. The van der Waals surface area contributed by atoms with Crippen molar-refractivity contribution in [3.05, 3.63) is 41.6 Å². The van der Waals surface area contributed by atoms with Gasteiger partial charge in [-0.1, -0.05) is 6.07 Å². The highest BCUT2D eigenvalue weighted by Gasteiger charge is 2.36. The third-order valence-corrected chi connectivity index (χ3v) is 6.88. The summed E-state index contributed by atoms with van der Waals surface area (Å²) in [4.78, 5) is -0.343. The van der Waals surface area contributed by atoms with Crippen molar-refractivity contribution in [2.24, 2.45) is 0 Å². The van der Waals surface area contributed by atoms with Gasteiger partial charge in [-0.25, -0.2) is 8.42 Å². The van der Waals surface area contributed by atoms with Gasteiger partial charge in [0.1, 0.15) is 0 Å². The number of hydrogen-bond donors (Lipinski definition) is 0. The Morgan fingerprint density at radius 1 is 1.00 bits per heavy atom. The molecule has 0 N–H and O–H groups in total. The van der Waals surface area contributed by atoms with E-state index < -0.39 is 21.8 Å². The molecule has 10 heteroatoms. The standard InChI is InChI=1S/C17H18F3N3O3S/c18-17(19,20)13-2-1-3-14(10-13)27(24,25)23-8-6-12(7-9-23)16-22-21-15(26-16)11-4-5-11/h1-3,10-12H,4-9H2. The van der Waals surface area contributed by atoms with E-state index in [9.17, 15) is 21.6 Å². The van der Waals surface area contributed by atoms with Crippen molar-refractivity contribution in [3.63, 3.8) is 0 Å². The van der Waals surface area contributed by atoms with Crippen LogP contribution < -0.4 is 0 Å². The molecule has 146 valence electrons. The first-order valence-electron chi connectivity index (χ1n) is 8.76. The Hall–Kier alpha value is -1.94. The highest BCUT2D eigenvalue weighted by molar-refractivity contribution is 7.89. The molecule has 6 nitrogen and oxygen atoms in total. The summed E-state index contributed by atoms with van der Waals surface area (Å²) in [6, 6.07) is 3.84. The Bertz CT molecular complexity index is 930. The van der Waals surface area contributed by atoms with Crippen molar-refractivity contribution in [2.75, 3.05) is 13.1 Å². The number of nitrogens with zero attached hydrogens (tertiary/aromatic N) is 3. The second kappa shape index (κ2) is 6.59. The van der Waals surface area contributed by atoms with E-state index in [2.05, 4.69) is 10.2 Å². The molecule has 27 heavy (non-hydrogen) atoms. The van der Waals surface area contributed by atoms with Gasteiger partial charge in [0, 0.05) is 24.9 Å². The number of hydrogen-bond acceptors (Lipinski definition) is 5. The Balaban J connectivity index is 1.46. The second-order valence-electron chi connectivity index (χ2n) is 6.96. The number of halogens is 3. The van der Waals surface area contributed by atoms with Crippen molar-refractivity contribution < 1.29 is 26.0 Å². The molecule has 2 aliphatic rings. The summed E-state index contributed by atoms with van der Waals surface area (Å²) in [5, 5.41) is 8.12. The van der Waals surface area contributed by atoms with Crippen LogP contribution in [0.3, 0.4) is 0 Å². The quantitative estimate of drug-likeness (QED) is 0.783. The Morgan fingerprint density at radius 3 is 2.15 bits per heavy atom. The molecule has 0 radical (unpaired) electrons. The molecule has 2 heterocycles. The topological polar surface area (TPSA) is 76.3 Å². The van der Waals surface area contributed by atoms with Crippen LogP contribution in [0.1, 0.15) is 54.9 Å². The zero-order valence-electron chi connectivity index (χ0n) is 14.3. The molecule has 1 aromatic heterocycles. The zero-order valence-corrected chi connectivity index (χ0v) is 15.1. The van der Waals surface area contributed by atoms with Crippen LogP contribution in [0, 0.1) is 0 Å². The van der Waals surface area contributed by atoms with Crippen LogP contribution >= 0.6 is 0 Å². The van der Waals surface area contributed by atoms with E-state index in [1.54, 1.807) is 0 Å². The van der Waals surface area contributed by atoms with Crippen LogP contribution in [0.25, 0.3) is 0 Å². The highest BCUT2D eigenvalue weighted by Crippen LogP contribution is 2.40. The van der Waals surface area contributed by atoms with E-state index in [1.807, 2.05) is 0 Å². The lowest BCUT2D eigenvalue weighted by atomic mass is 9.98. The molecule has 1 aliphatic heterocycles. The van der Waals surface area contributed by atoms with E-state index in [-0.39, 0.29) is 23.9 Å². The second-order valence-corrected chi connectivity index (χ2v) is 8.89. The van der Waals surface area contributed by atoms with Crippen molar-refractivity contribution in [2.45, 2.75) is 48.6 Å². The van der Waals surface area contributed by atoms with Crippen molar-refractivity contribution in [3.8, 4) is 0 Å². The summed E-state index contributed by atoms with van der Waals surface area (Å²) < 4.78 is 71.0. The summed E-state index contributed by atoms with van der Waals surface area (Å²) in [6.07, 6.45) is -1.50. The normalized spacial score (nSPS) is 20.1. The molecule has 1 saturated heterocycles. The number of rotatable bonds is 4. The average Bonchev–Trinajstić information content (AvgIpc) is 3.38. The highest BCUT2D eigenvalue weighted by atomic mass is 32.2. The maximum atomic E-state index is 12.9. The van der Waals surface area contributed by atoms with E-state index >= 15 is 0 Å². The number of piperidine rings is 1. The third kappa shape index (κ3) is 3.73. The molecule has 0 spiro atoms. The fraction of sp³-hybridized carbons (Fsp3) is 0.529. The fourth-order valence-electron chi connectivity index (χ4n) is 3.23.